The van der Waals surface area contributed by atoms with Gasteiger partial charge in [-0.25, -0.2) is 4.79 Å². The van der Waals surface area contributed by atoms with Gasteiger partial charge in [-0.3, -0.25) is 14.3 Å². The Morgan fingerprint density at radius 1 is 0.966 bits per heavy atom. The lowest BCUT2D eigenvalue weighted by Crippen LogP contribution is -2.30. The molecule has 0 aliphatic heterocycles. The molecule has 8 heteroatoms. The number of para-hydroxylation sites is 2. The predicted octanol–water partition coefficient (Wildman–Crippen LogP) is 2.76. The van der Waals surface area contributed by atoms with Gasteiger partial charge in [-0.1, -0.05) is 18.2 Å². The van der Waals surface area contributed by atoms with Gasteiger partial charge in [0.05, 0.1) is 12.1 Å². The van der Waals surface area contributed by atoms with Crippen molar-refractivity contribution in [3.63, 3.8) is 0 Å². The van der Waals surface area contributed by atoms with Gasteiger partial charge in [0, 0.05) is 17.6 Å². The number of rotatable bonds is 6. The molecule has 0 unspecified atom stereocenters. The van der Waals surface area contributed by atoms with Crippen LogP contribution in [0.5, 0.6) is 17.2 Å². The van der Waals surface area contributed by atoms with Crippen LogP contribution in [0.15, 0.2) is 70.4 Å². The summed E-state index contributed by atoms with van der Waals surface area (Å²) in [5.74, 6) is 1.61. The van der Waals surface area contributed by atoms with E-state index in [2.05, 4.69) is 16.0 Å². The SMILES string of the molecule is N#Cc1cc2c(Oc3ccccc3OCCn3ccc(=O)[nH]c3=O)cccc2[nH]1. The summed E-state index contributed by atoms with van der Waals surface area (Å²) in [6.45, 7) is 0.474. The fourth-order valence-corrected chi connectivity index (χ4v) is 2.92. The van der Waals surface area contributed by atoms with Crippen molar-refractivity contribution >= 4 is 10.9 Å². The quantitative estimate of drug-likeness (QED) is 0.527. The van der Waals surface area contributed by atoms with Crippen molar-refractivity contribution in [3.05, 3.63) is 87.3 Å². The average Bonchev–Trinajstić information content (AvgIpc) is 3.15. The fourth-order valence-electron chi connectivity index (χ4n) is 2.92. The number of hydrogen-bond acceptors (Lipinski definition) is 5. The molecule has 29 heavy (non-hydrogen) atoms. The molecule has 2 aromatic carbocycles. The van der Waals surface area contributed by atoms with Gasteiger partial charge >= 0.3 is 5.69 Å². The molecule has 4 rings (SSSR count). The number of nitrogens with one attached hydrogen (secondary N) is 2. The molecule has 0 amide bonds. The van der Waals surface area contributed by atoms with E-state index in [0.717, 1.165) is 10.9 Å². The molecule has 2 aromatic heterocycles. The highest BCUT2D eigenvalue weighted by Crippen LogP contribution is 2.35. The number of nitriles is 1. The van der Waals surface area contributed by atoms with Crippen LogP contribution in [0.4, 0.5) is 0 Å². The number of ether oxygens (including phenoxy) is 2. The predicted molar refractivity (Wildman–Crippen MR) is 106 cm³/mol. The summed E-state index contributed by atoms with van der Waals surface area (Å²) >= 11 is 0. The number of fused-ring (bicyclic) bond motifs is 1. The van der Waals surface area contributed by atoms with Crippen LogP contribution >= 0.6 is 0 Å². The molecular formula is C21H16N4O4. The van der Waals surface area contributed by atoms with Gasteiger partial charge in [0.15, 0.2) is 11.5 Å². The van der Waals surface area contributed by atoms with Crippen LogP contribution in [-0.4, -0.2) is 21.1 Å². The van der Waals surface area contributed by atoms with E-state index in [4.69, 9.17) is 14.7 Å². The number of nitrogens with zero attached hydrogens (tertiary/aromatic N) is 2. The van der Waals surface area contributed by atoms with Crippen molar-refractivity contribution in [2.24, 2.45) is 0 Å². The summed E-state index contributed by atoms with van der Waals surface area (Å²) in [6, 6.07) is 17.8. The molecule has 2 heterocycles. The average molecular weight is 388 g/mol. The third-order valence-corrected chi connectivity index (χ3v) is 4.30. The monoisotopic (exact) mass is 388 g/mol. The maximum atomic E-state index is 11.7. The van der Waals surface area contributed by atoms with Crippen molar-refractivity contribution < 1.29 is 9.47 Å². The van der Waals surface area contributed by atoms with E-state index in [0.29, 0.717) is 22.9 Å². The van der Waals surface area contributed by atoms with E-state index in [9.17, 15) is 9.59 Å². The molecule has 0 bridgehead atoms. The van der Waals surface area contributed by atoms with Crippen molar-refractivity contribution in [2.45, 2.75) is 6.54 Å². The van der Waals surface area contributed by atoms with Gasteiger partial charge in [0.1, 0.15) is 24.1 Å². The molecule has 144 valence electrons. The normalized spacial score (nSPS) is 10.6. The van der Waals surface area contributed by atoms with E-state index >= 15 is 0 Å². The minimum Gasteiger partial charge on any atom is -0.488 e. The second kappa shape index (κ2) is 7.78. The van der Waals surface area contributed by atoms with Gasteiger partial charge in [-0.15, -0.1) is 0 Å². The number of aromatic nitrogens is 3. The van der Waals surface area contributed by atoms with E-state index in [1.165, 1.54) is 16.8 Å². The summed E-state index contributed by atoms with van der Waals surface area (Å²) in [5, 5.41) is 9.89. The lowest BCUT2D eigenvalue weighted by molar-refractivity contribution is 0.283. The number of H-pyrrole nitrogens is 2. The van der Waals surface area contributed by atoms with Crippen LogP contribution in [0.3, 0.4) is 0 Å². The lowest BCUT2D eigenvalue weighted by Gasteiger charge is -2.13. The standard InChI is InChI=1S/C21H16N4O4/c22-13-14-12-15-16(23-14)4-3-7-17(15)29-19-6-2-1-5-18(19)28-11-10-25-9-8-20(26)24-21(25)27/h1-9,12,23H,10-11H2,(H,24,26,27). The van der Waals surface area contributed by atoms with Crippen molar-refractivity contribution in [3.8, 4) is 23.3 Å². The van der Waals surface area contributed by atoms with E-state index < -0.39 is 11.2 Å². The zero-order chi connectivity index (χ0) is 20.2. The molecule has 0 aliphatic rings. The van der Waals surface area contributed by atoms with Crippen LogP contribution < -0.4 is 20.7 Å². The molecule has 0 fully saturated rings. The molecular weight excluding hydrogens is 372 g/mol. The summed E-state index contributed by atoms with van der Waals surface area (Å²) in [4.78, 5) is 28.1. The highest BCUT2D eigenvalue weighted by atomic mass is 16.5. The first-order valence-electron chi connectivity index (χ1n) is 8.85. The van der Waals surface area contributed by atoms with E-state index in [-0.39, 0.29) is 13.2 Å². The zero-order valence-corrected chi connectivity index (χ0v) is 15.2. The summed E-state index contributed by atoms with van der Waals surface area (Å²) in [7, 11) is 0. The Balaban J connectivity index is 1.53. The first-order valence-corrected chi connectivity index (χ1v) is 8.85. The Morgan fingerprint density at radius 3 is 2.55 bits per heavy atom. The number of benzene rings is 2. The van der Waals surface area contributed by atoms with Crippen molar-refractivity contribution in [1.82, 2.24) is 14.5 Å². The Kier molecular flexibility index (Phi) is 4.86. The fraction of sp³-hybridized carbons (Fsp3) is 0.0952. The second-order valence-corrected chi connectivity index (χ2v) is 6.21. The maximum absolute atomic E-state index is 11.7. The summed E-state index contributed by atoms with van der Waals surface area (Å²) in [5.41, 5.74) is 0.323. The third-order valence-electron chi connectivity index (χ3n) is 4.30. The molecule has 0 spiro atoms. The number of aromatic amines is 2. The molecule has 0 saturated carbocycles. The van der Waals surface area contributed by atoms with Gasteiger partial charge in [-0.2, -0.15) is 5.26 Å². The Bertz CT molecular complexity index is 1330. The molecule has 8 nitrogen and oxygen atoms in total. The van der Waals surface area contributed by atoms with Gasteiger partial charge in [0.2, 0.25) is 0 Å². The molecule has 0 atom stereocenters. The maximum Gasteiger partial charge on any atom is 0.328 e. The van der Waals surface area contributed by atoms with Crippen LogP contribution in [0.25, 0.3) is 10.9 Å². The molecule has 0 saturated heterocycles. The summed E-state index contributed by atoms with van der Waals surface area (Å²) < 4.78 is 13.2. The van der Waals surface area contributed by atoms with Crippen LogP contribution in [0.2, 0.25) is 0 Å². The Morgan fingerprint density at radius 2 is 1.76 bits per heavy atom. The smallest absolute Gasteiger partial charge is 0.328 e. The highest BCUT2D eigenvalue weighted by Gasteiger charge is 2.10. The van der Waals surface area contributed by atoms with Gasteiger partial charge < -0.3 is 14.5 Å². The van der Waals surface area contributed by atoms with Crippen LogP contribution in [-0.2, 0) is 6.54 Å². The molecule has 2 N–H and O–H groups in total. The highest BCUT2D eigenvalue weighted by molar-refractivity contribution is 5.87. The number of hydrogen-bond donors (Lipinski definition) is 2. The van der Waals surface area contributed by atoms with Gasteiger partial charge in [0.25, 0.3) is 5.56 Å². The largest absolute Gasteiger partial charge is 0.488 e. The van der Waals surface area contributed by atoms with Crippen molar-refractivity contribution in [2.75, 3.05) is 6.61 Å². The third kappa shape index (κ3) is 3.89. The topological polar surface area (TPSA) is 113 Å². The molecule has 0 aliphatic carbocycles. The van der Waals surface area contributed by atoms with Crippen molar-refractivity contribution in [1.29, 1.82) is 5.26 Å². The molecule has 0 radical (unpaired) electrons. The first-order chi connectivity index (χ1) is 14.1. The minimum atomic E-state index is -0.488. The molecule has 4 aromatic rings. The van der Waals surface area contributed by atoms with Crippen LogP contribution in [0, 0.1) is 11.3 Å². The Labute approximate surface area is 164 Å². The van der Waals surface area contributed by atoms with Gasteiger partial charge in [-0.05, 0) is 30.3 Å². The second-order valence-electron chi connectivity index (χ2n) is 6.21. The first kappa shape index (κ1) is 18.1. The van der Waals surface area contributed by atoms with E-state index in [1.54, 1.807) is 18.2 Å². The van der Waals surface area contributed by atoms with Crippen LogP contribution in [0.1, 0.15) is 5.69 Å². The summed E-state index contributed by atoms with van der Waals surface area (Å²) in [6.07, 6.45) is 1.42. The van der Waals surface area contributed by atoms with E-state index in [1.807, 2.05) is 30.3 Å². The Hall–Kier alpha value is -4.25. The zero-order valence-electron chi connectivity index (χ0n) is 15.2. The lowest BCUT2D eigenvalue weighted by atomic mass is 10.2. The minimum absolute atomic E-state index is 0.208.